The molecule has 0 bridgehead atoms. The summed E-state index contributed by atoms with van der Waals surface area (Å²) < 4.78 is 46.8. The quantitative estimate of drug-likeness (QED) is 0.0678. The summed E-state index contributed by atoms with van der Waals surface area (Å²) in [6.07, 6.45) is 9.23. The number of hydrogen-bond donors (Lipinski definition) is 4. The number of carbonyl (C=O) groups is 4. The number of anilines is 3. The minimum Gasteiger partial charge on any atom is -0.492 e. The van der Waals surface area contributed by atoms with Gasteiger partial charge in [-0.25, -0.2) is 37.7 Å². The van der Waals surface area contributed by atoms with Gasteiger partial charge in [0, 0.05) is 78.8 Å². The van der Waals surface area contributed by atoms with E-state index >= 15 is 0 Å². The summed E-state index contributed by atoms with van der Waals surface area (Å²) in [4.78, 5) is 83.4. The van der Waals surface area contributed by atoms with E-state index in [4.69, 9.17) is 4.74 Å². The number of aromatic nitrogens is 7. The molecule has 4 N–H and O–H groups in total. The van der Waals surface area contributed by atoms with Crippen LogP contribution >= 0.6 is 11.3 Å². The first-order valence-electron chi connectivity index (χ1n) is 26.2. The molecule has 3 aliphatic rings. The molecular weight excluding hydrogens is 1030 g/mol. The Balaban J connectivity index is 0.787. The Morgan fingerprint density at radius 3 is 2.29 bits per heavy atom. The van der Waals surface area contributed by atoms with Gasteiger partial charge in [-0.2, -0.15) is 5.10 Å². The number of nitrogens with one attached hydrogen (secondary N) is 4. The highest BCUT2D eigenvalue weighted by atomic mass is 32.2. The fraction of sp³-hybridized carbons (Fsp3) is 0.481. The number of likely N-dealkylation sites (N-methyl/N-ethyl adjacent to an activating group) is 1. The molecule has 6 aromatic rings. The molecule has 2 aromatic carbocycles. The Morgan fingerprint density at radius 2 is 1.62 bits per heavy atom. The molecule has 0 aliphatic carbocycles. The maximum Gasteiger partial charge on any atom is 0.256 e. The summed E-state index contributed by atoms with van der Waals surface area (Å²) in [6, 6.07) is 6.79. The van der Waals surface area contributed by atoms with Crippen LogP contribution in [0.25, 0.3) is 10.9 Å². The van der Waals surface area contributed by atoms with E-state index in [-0.39, 0.29) is 51.8 Å². The number of nitrogens with zero attached hydrogens (tertiary/aromatic N) is 9. The van der Waals surface area contributed by atoms with Gasteiger partial charge >= 0.3 is 0 Å². The molecule has 20 nitrogen and oxygen atoms in total. The lowest BCUT2D eigenvalue weighted by atomic mass is 9.87. The van der Waals surface area contributed by atoms with Crippen LogP contribution in [0.4, 0.5) is 22.0 Å². The first-order chi connectivity index (χ1) is 36.8. The van der Waals surface area contributed by atoms with Crippen molar-refractivity contribution in [2.45, 2.75) is 114 Å². The van der Waals surface area contributed by atoms with E-state index in [0.717, 1.165) is 30.5 Å². The Hall–Kier alpha value is -6.98. The van der Waals surface area contributed by atoms with Crippen LogP contribution in [0.3, 0.4) is 0 Å². The third-order valence-electron chi connectivity index (χ3n) is 15.2. The van der Waals surface area contributed by atoms with Crippen LogP contribution in [0.5, 0.6) is 5.75 Å². The number of halogens is 1. The smallest absolute Gasteiger partial charge is 0.256 e. The standard InChI is InChI=1S/C54H66FN13O7S2/c1-31-32(2)64-65-47(31)63-48-39-25-44(77(73,74)54(4,5)6)43(26-40(39)59-30-60-48)75-24-18-34-14-20-67(21-15-34)53-57-27-37(28-58-53)51(71)66-22-16-35(17-23-66)45(62-49(70)33(3)56-7)52(72)68-19-8-9-42(68)50-61-41(29-76-50)46(69)36-10-12-38(55)13-11-36/h10-13,25-30,33-35,42,45,56H,8-9,14-24H2,1-7H3,(H,62,70)(H2,59,60,63,64,65). The lowest BCUT2D eigenvalue weighted by molar-refractivity contribution is -0.139. The van der Waals surface area contributed by atoms with Crippen molar-refractivity contribution in [3.63, 3.8) is 0 Å². The van der Waals surface area contributed by atoms with Crippen molar-refractivity contribution in [3.05, 3.63) is 99.4 Å². The number of rotatable bonds is 17. The average molecular weight is 1090 g/mol. The molecule has 23 heteroatoms. The van der Waals surface area contributed by atoms with Crippen LogP contribution in [0.15, 0.2) is 65.4 Å². The van der Waals surface area contributed by atoms with Crippen molar-refractivity contribution in [1.82, 2.24) is 55.6 Å². The average Bonchev–Trinajstić information content (AvgIpc) is 4.24. The zero-order valence-corrected chi connectivity index (χ0v) is 46.1. The van der Waals surface area contributed by atoms with Crippen molar-refractivity contribution in [2.24, 2.45) is 11.8 Å². The number of amides is 3. The Kier molecular flexibility index (Phi) is 16.3. The number of ether oxygens (including phenoxy) is 1. The van der Waals surface area contributed by atoms with Crippen molar-refractivity contribution >= 4 is 73.2 Å². The number of hydrogen-bond acceptors (Lipinski definition) is 17. The van der Waals surface area contributed by atoms with E-state index in [0.29, 0.717) is 116 Å². The van der Waals surface area contributed by atoms with Gasteiger partial charge in [0.25, 0.3) is 5.91 Å². The molecule has 9 rings (SSSR count). The van der Waals surface area contributed by atoms with Gasteiger partial charge in [0.15, 0.2) is 15.7 Å². The molecule has 3 fully saturated rings. The van der Waals surface area contributed by atoms with Crippen LogP contribution in [0.1, 0.15) is 121 Å². The van der Waals surface area contributed by atoms with Crippen LogP contribution in [-0.2, 0) is 19.4 Å². The second-order valence-corrected chi connectivity index (χ2v) is 24.7. The van der Waals surface area contributed by atoms with Crippen molar-refractivity contribution in [2.75, 3.05) is 56.6 Å². The molecule has 3 aliphatic heterocycles. The van der Waals surface area contributed by atoms with Gasteiger partial charge in [-0.05, 0) is 136 Å². The fourth-order valence-corrected chi connectivity index (χ4v) is 12.3. The summed E-state index contributed by atoms with van der Waals surface area (Å²) in [5.74, 6) is 0.310. The Bertz CT molecular complexity index is 3240. The van der Waals surface area contributed by atoms with Crippen LogP contribution < -0.4 is 25.6 Å². The molecule has 77 heavy (non-hydrogen) atoms. The molecule has 3 atom stereocenters. The highest BCUT2D eigenvalue weighted by Crippen LogP contribution is 2.39. The number of aryl methyl sites for hydroxylation is 1. The molecule has 0 spiro atoms. The number of aromatic amines is 1. The summed E-state index contributed by atoms with van der Waals surface area (Å²) in [7, 11) is -2.17. The minimum atomic E-state index is -3.85. The van der Waals surface area contributed by atoms with Gasteiger partial charge in [-0.1, -0.05) is 0 Å². The molecular formula is C54H66FN13O7S2. The second kappa shape index (κ2) is 22.9. The van der Waals surface area contributed by atoms with Crippen LogP contribution in [0.2, 0.25) is 0 Å². The zero-order chi connectivity index (χ0) is 54.8. The van der Waals surface area contributed by atoms with Gasteiger partial charge in [0.2, 0.25) is 23.5 Å². The highest BCUT2D eigenvalue weighted by molar-refractivity contribution is 7.92. The molecule has 7 heterocycles. The predicted octanol–water partition coefficient (Wildman–Crippen LogP) is 6.90. The van der Waals surface area contributed by atoms with Crippen molar-refractivity contribution in [1.29, 1.82) is 0 Å². The number of carbonyl (C=O) groups excluding carboxylic acids is 4. The van der Waals surface area contributed by atoms with Crippen molar-refractivity contribution < 1.29 is 36.7 Å². The zero-order valence-electron chi connectivity index (χ0n) is 44.4. The fourth-order valence-electron chi connectivity index (χ4n) is 10.1. The maximum absolute atomic E-state index is 14.6. The number of H-pyrrole nitrogens is 1. The third-order valence-corrected chi connectivity index (χ3v) is 18.7. The van der Waals surface area contributed by atoms with Crippen molar-refractivity contribution in [3.8, 4) is 5.75 Å². The number of benzene rings is 2. The SMILES string of the molecule is CNC(C)C(=O)NC(C(=O)N1CCCC1c1nc(C(=O)c2ccc(F)cc2)cs1)C1CCN(C(=O)c2cnc(N3CCC(CCOc4cc5ncnc(Nc6n[nH]c(C)c6C)c5cc4S(=O)(=O)C(C)(C)C)CC3)nc2)CC1. The molecule has 0 saturated carbocycles. The molecule has 3 saturated heterocycles. The molecule has 3 unspecified atom stereocenters. The number of likely N-dealkylation sites (tertiary alicyclic amines) is 2. The number of piperidine rings is 2. The minimum absolute atomic E-state index is 0.0716. The van der Waals surface area contributed by atoms with Gasteiger partial charge in [-0.3, -0.25) is 24.3 Å². The third kappa shape index (κ3) is 11.8. The monoisotopic (exact) mass is 1090 g/mol. The van der Waals surface area contributed by atoms with Gasteiger partial charge in [-0.15, -0.1) is 11.3 Å². The van der Waals surface area contributed by atoms with E-state index in [1.807, 2.05) is 13.8 Å². The predicted molar refractivity (Wildman–Crippen MR) is 290 cm³/mol. The second-order valence-electron chi connectivity index (χ2n) is 21.2. The van der Waals surface area contributed by atoms with Gasteiger partial charge in [0.05, 0.1) is 34.5 Å². The van der Waals surface area contributed by atoms with E-state index in [2.05, 4.69) is 56.0 Å². The number of fused-ring (bicyclic) bond motifs is 1. The molecule has 4 aromatic heterocycles. The van der Waals surface area contributed by atoms with Gasteiger partial charge < -0.3 is 35.4 Å². The molecule has 3 amide bonds. The summed E-state index contributed by atoms with van der Waals surface area (Å²) in [6.45, 7) is 13.4. The van der Waals surface area contributed by atoms with E-state index < -0.39 is 32.5 Å². The number of sulfone groups is 1. The number of thiazole rings is 1. The molecule has 0 radical (unpaired) electrons. The van der Waals surface area contributed by atoms with E-state index in [1.54, 1.807) is 74.4 Å². The summed E-state index contributed by atoms with van der Waals surface area (Å²) in [5, 5.41) is 19.3. The van der Waals surface area contributed by atoms with Crippen LogP contribution in [-0.4, -0.2) is 140 Å². The molecule has 408 valence electrons. The van der Waals surface area contributed by atoms with E-state index in [1.165, 1.54) is 41.9 Å². The number of ketones is 1. The lowest BCUT2D eigenvalue weighted by Crippen LogP contribution is -2.57. The van der Waals surface area contributed by atoms with E-state index in [9.17, 15) is 32.0 Å². The van der Waals surface area contributed by atoms with Crippen LogP contribution in [0, 0.1) is 31.5 Å². The maximum atomic E-state index is 14.6. The topological polar surface area (TPSA) is 251 Å². The summed E-state index contributed by atoms with van der Waals surface area (Å²) in [5.41, 5.74) is 3.24. The normalized spacial score (nSPS) is 17.6. The lowest BCUT2D eigenvalue weighted by Gasteiger charge is -2.38. The Morgan fingerprint density at radius 1 is 0.909 bits per heavy atom. The summed E-state index contributed by atoms with van der Waals surface area (Å²) >= 11 is 1.30. The largest absolute Gasteiger partial charge is 0.492 e. The first-order valence-corrected chi connectivity index (χ1v) is 28.5. The van der Waals surface area contributed by atoms with Gasteiger partial charge in [0.1, 0.15) is 45.4 Å². The first kappa shape index (κ1) is 54.8. The Labute approximate surface area is 451 Å². The highest BCUT2D eigenvalue weighted by Gasteiger charge is 2.42.